The topological polar surface area (TPSA) is 24.1 Å². The summed E-state index contributed by atoms with van der Waals surface area (Å²) in [5.74, 6) is 0. The van der Waals surface area contributed by atoms with Gasteiger partial charge in [0, 0.05) is 21.3 Å². The Morgan fingerprint density at radius 3 is 2.42 bits per heavy atom. The molecule has 1 saturated carbocycles. The largest absolute Gasteiger partial charge is 0.357 e. The van der Waals surface area contributed by atoms with E-state index in [4.69, 9.17) is 35.4 Å². The van der Waals surface area contributed by atoms with Gasteiger partial charge in [-0.25, -0.2) is 0 Å². The molecule has 2 N–H and O–H groups in total. The van der Waals surface area contributed by atoms with E-state index in [1.165, 1.54) is 18.4 Å². The number of halogens is 2. The van der Waals surface area contributed by atoms with Crippen molar-refractivity contribution in [1.82, 2.24) is 5.32 Å². The molecule has 0 spiro atoms. The summed E-state index contributed by atoms with van der Waals surface area (Å²) in [6.07, 6.45) is 6.86. The molecule has 26 heavy (non-hydrogen) atoms. The minimum Gasteiger partial charge on any atom is -0.357 e. The summed E-state index contributed by atoms with van der Waals surface area (Å²) in [7, 11) is 0. The second kappa shape index (κ2) is 8.60. The monoisotopic (exact) mass is 406 g/mol. The van der Waals surface area contributed by atoms with Crippen LogP contribution < -0.4 is 10.6 Å². The van der Waals surface area contributed by atoms with Crippen LogP contribution in [0.4, 0.5) is 5.69 Å². The predicted octanol–water partition coefficient (Wildman–Crippen LogP) is 6.53. The van der Waals surface area contributed by atoms with Crippen molar-refractivity contribution in [2.24, 2.45) is 0 Å². The summed E-state index contributed by atoms with van der Waals surface area (Å²) in [6, 6.07) is 14.0. The number of thiocarbonyl (C=S) groups is 1. The molecule has 0 amide bonds. The van der Waals surface area contributed by atoms with Crippen LogP contribution in [0.1, 0.15) is 43.2 Å². The van der Waals surface area contributed by atoms with Crippen molar-refractivity contribution >= 4 is 46.2 Å². The van der Waals surface area contributed by atoms with Gasteiger partial charge in [-0.15, -0.1) is 0 Å². The molecule has 0 saturated heterocycles. The van der Waals surface area contributed by atoms with E-state index < -0.39 is 0 Å². The van der Waals surface area contributed by atoms with Gasteiger partial charge in [-0.3, -0.25) is 0 Å². The van der Waals surface area contributed by atoms with Crippen molar-refractivity contribution in [2.75, 3.05) is 5.32 Å². The van der Waals surface area contributed by atoms with Gasteiger partial charge in [0.2, 0.25) is 0 Å². The summed E-state index contributed by atoms with van der Waals surface area (Å²) in [5.41, 5.74) is 3.36. The summed E-state index contributed by atoms with van der Waals surface area (Å²) in [5, 5.41) is 9.09. The van der Waals surface area contributed by atoms with Crippen LogP contribution in [-0.2, 0) is 6.42 Å². The van der Waals surface area contributed by atoms with Crippen molar-refractivity contribution in [2.45, 2.75) is 51.0 Å². The average Bonchev–Trinajstić information content (AvgIpc) is 3.06. The van der Waals surface area contributed by atoms with Gasteiger partial charge in [0.25, 0.3) is 0 Å². The standard InChI is InChI=1S/C21H24Cl2N2S/c1-15-4-9-18(14-19(15)23)24-20(26)25-21(11-2-3-12-21)13-10-16-5-7-17(22)8-6-16/h4-9,14H,2-3,10-13H2,1H3,(H2,24,25,26). The Morgan fingerprint density at radius 2 is 1.77 bits per heavy atom. The highest BCUT2D eigenvalue weighted by atomic mass is 35.5. The van der Waals surface area contributed by atoms with Gasteiger partial charge in [0.15, 0.2) is 5.11 Å². The van der Waals surface area contributed by atoms with Gasteiger partial charge >= 0.3 is 0 Å². The van der Waals surface area contributed by atoms with Crippen molar-refractivity contribution in [3.8, 4) is 0 Å². The van der Waals surface area contributed by atoms with Crippen molar-refractivity contribution < 1.29 is 0 Å². The van der Waals surface area contributed by atoms with E-state index in [9.17, 15) is 0 Å². The van der Waals surface area contributed by atoms with Gasteiger partial charge in [0.1, 0.15) is 0 Å². The quantitative estimate of drug-likeness (QED) is 0.551. The van der Waals surface area contributed by atoms with Crippen LogP contribution >= 0.6 is 35.4 Å². The Hall–Kier alpha value is -1.29. The first-order valence-electron chi connectivity index (χ1n) is 9.06. The third-order valence-electron chi connectivity index (χ3n) is 5.17. The molecule has 2 aromatic rings. The highest BCUT2D eigenvalue weighted by Crippen LogP contribution is 2.34. The van der Waals surface area contributed by atoms with E-state index >= 15 is 0 Å². The van der Waals surface area contributed by atoms with Crippen molar-refractivity contribution in [3.63, 3.8) is 0 Å². The lowest BCUT2D eigenvalue weighted by molar-refractivity contribution is 0.362. The first kappa shape index (κ1) is 19.5. The molecule has 0 aliphatic heterocycles. The third kappa shape index (κ3) is 5.12. The molecule has 1 aliphatic carbocycles. The number of benzene rings is 2. The lowest BCUT2D eigenvalue weighted by atomic mass is 9.89. The maximum absolute atomic E-state index is 6.21. The molecule has 0 aromatic heterocycles. The predicted molar refractivity (Wildman–Crippen MR) is 117 cm³/mol. The Morgan fingerprint density at radius 1 is 1.08 bits per heavy atom. The molecular weight excluding hydrogens is 383 g/mol. The molecule has 0 radical (unpaired) electrons. The van der Waals surface area contributed by atoms with Gasteiger partial charge in [-0.05, 0) is 80.2 Å². The fourth-order valence-corrected chi connectivity index (χ4v) is 4.24. The fraction of sp³-hybridized carbons (Fsp3) is 0.381. The summed E-state index contributed by atoms with van der Waals surface area (Å²) >= 11 is 17.8. The summed E-state index contributed by atoms with van der Waals surface area (Å²) < 4.78 is 0. The molecule has 0 atom stereocenters. The van der Waals surface area contributed by atoms with Crippen LogP contribution in [0.5, 0.6) is 0 Å². The zero-order valence-electron chi connectivity index (χ0n) is 14.9. The molecule has 2 nitrogen and oxygen atoms in total. The van der Waals surface area contributed by atoms with E-state index in [-0.39, 0.29) is 5.54 Å². The molecular formula is C21H24Cl2N2S. The first-order valence-corrected chi connectivity index (χ1v) is 10.2. The number of aryl methyl sites for hydroxylation is 2. The molecule has 1 fully saturated rings. The van der Waals surface area contributed by atoms with Crippen LogP contribution in [0.15, 0.2) is 42.5 Å². The van der Waals surface area contributed by atoms with E-state index in [0.717, 1.165) is 47.0 Å². The molecule has 0 unspecified atom stereocenters. The molecule has 0 bridgehead atoms. The SMILES string of the molecule is Cc1ccc(NC(=S)NC2(CCc3ccc(Cl)cc3)CCCC2)cc1Cl. The maximum Gasteiger partial charge on any atom is 0.171 e. The molecule has 5 heteroatoms. The third-order valence-corrected chi connectivity index (χ3v) is 6.04. The average molecular weight is 407 g/mol. The first-order chi connectivity index (χ1) is 12.5. The molecule has 0 heterocycles. The van der Waals surface area contributed by atoms with Gasteiger partial charge in [-0.1, -0.05) is 54.2 Å². The summed E-state index contributed by atoms with van der Waals surface area (Å²) in [4.78, 5) is 0. The van der Waals surface area contributed by atoms with Crippen LogP contribution in [0.3, 0.4) is 0 Å². The Bertz CT molecular complexity index is 768. The Labute approximate surface area is 171 Å². The van der Waals surface area contributed by atoms with E-state index in [0.29, 0.717) is 5.11 Å². The smallest absolute Gasteiger partial charge is 0.171 e. The van der Waals surface area contributed by atoms with Crippen LogP contribution in [0.25, 0.3) is 0 Å². The zero-order valence-corrected chi connectivity index (χ0v) is 17.3. The van der Waals surface area contributed by atoms with Crippen LogP contribution in [-0.4, -0.2) is 10.7 Å². The Balaban J connectivity index is 1.62. The number of rotatable bonds is 5. The van der Waals surface area contributed by atoms with E-state index in [1.54, 1.807) is 0 Å². The van der Waals surface area contributed by atoms with Gasteiger partial charge < -0.3 is 10.6 Å². The van der Waals surface area contributed by atoms with E-state index in [2.05, 4.69) is 22.8 Å². The number of anilines is 1. The van der Waals surface area contributed by atoms with Crippen molar-refractivity contribution in [1.29, 1.82) is 0 Å². The lowest BCUT2D eigenvalue weighted by Gasteiger charge is -2.32. The Kier molecular flexibility index (Phi) is 6.44. The fourth-order valence-electron chi connectivity index (χ4n) is 3.60. The lowest BCUT2D eigenvalue weighted by Crippen LogP contribution is -2.48. The number of nitrogens with one attached hydrogen (secondary N) is 2. The second-order valence-corrected chi connectivity index (χ2v) is 8.41. The van der Waals surface area contributed by atoms with Crippen LogP contribution in [0.2, 0.25) is 10.0 Å². The maximum atomic E-state index is 6.21. The van der Waals surface area contributed by atoms with Gasteiger partial charge in [-0.2, -0.15) is 0 Å². The normalized spacial score (nSPS) is 15.7. The number of hydrogen-bond acceptors (Lipinski definition) is 1. The minimum atomic E-state index is 0.0677. The zero-order chi connectivity index (χ0) is 18.6. The molecule has 1 aliphatic rings. The van der Waals surface area contributed by atoms with Crippen LogP contribution in [0, 0.1) is 6.92 Å². The summed E-state index contributed by atoms with van der Waals surface area (Å²) in [6.45, 7) is 1.99. The van der Waals surface area contributed by atoms with Gasteiger partial charge in [0.05, 0.1) is 0 Å². The highest BCUT2D eigenvalue weighted by molar-refractivity contribution is 7.80. The highest BCUT2D eigenvalue weighted by Gasteiger charge is 2.34. The molecule has 3 rings (SSSR count). The molecule has 2 aromatic carbocycles. The van der Waals surface area contributed by atoms with Crippen molar-refractivity contribution in [3.05, 3.63) is 63.6 Å². The number of hydrogen-bond donors (Lipinski definition) is 2. The van der Waals surface area contributed by atoms with E-state index in [1.807, 2.05) is 37.3 Å². The second-order valence-electron chi connectivity index (χ2n) is 7.16. The minimum absolute atomic E-state index is 0.0677. The molecule has 138 valence electrons.